The van der Waals surface area contributed by atoms with Gasteiger partial charge in [-0.1, -0.05) is 36.0 Å². The number of halogens is 6. The van der Waals surface area contributed by atoms with Crippen molar-refractivity contribution in [2.24, 2.45) is 5.41 Å². The first kappa shape index (κ1) is 32.1. The van der Waals surface area contributed by atoms with Crippen LogP contribution >= 0.6 is 23.2 Å². The summed E-state index contributed by atoms with van der Waals surface area (Å²) in [6, 6.07) is 1.85. The smallest absolute Gasteiger partial charge is 0.433 e. The highest BCUT2D eigenvalue weighted by molar-refractivity contribution is 6.40. The first-order valence-corrected chi connectivity index (χ1v) is 14.3. The number of Topliss-reactive ketones (excluding diaryl/α,β-unsaturated/α-hetero) is 1. The molecule has 1 N–H and O–H groups in total. The summed E-state index contributed by atoms with van der Waals surface area (Å²) in [6.07, 6.45) is -2.54. The van der Waals surface area contributed by atoms with Gasteiger partial charge in [0, 0.05) is 0 Å². The lowest BCUT2D eigenvalue weighted by Crippen LogP contribution is -2.45. The van der Waals surface area contributed by atoms with Crippen molar-refractivity contribution in [2.45, 2.75) is 76.2 Å². The maximum Gasteiger partial charge on any atom is 0.433 e. The lowest BCUT2D eigenvalue weighted by Gasteiger charge is -2.34. The molecule has 230 valence electrons. The van der Waals surface area contributed by atoms with Crippen molar-refractivity contribution in [3.8, 4) is 5.75 Å². The van der Waals surface area contributed by atoms with E-state index in [-0.39, 0.29) is 59.9 Å². The van der Waals surface area contributed by atoms with E-state index in [1.807, 2.05) is 0 Å². The Morgan fingerprint density at radius 2 is 1.69 bits per heavy atom. The number of amides is 1. The second kappa shape index (κ2) is 12.0. The van der Waals surface area contributed by atoms with E-state index >= 15 is 4.39 Å². The molecule has 1 aromatic carbocycles. The number of carboxylic acid groups (broad SMARTS) is 1. The van der Waals surface area contributed by atoms with Crippen LogP contribution in [0.25, 0.3) is 0 Å². The van der Waals surface area contributed by atoms with E-state index in [1.165, 1.54) is 19.2 Å². The van der Waals surface area contributed by atoms with Gasteiger partial charge < -0.3 is 14.7 Å². The topological polar surface area (TPSA) is 102 Å². The van der Waals surface area contributed by atoms with E-state index in [0.717, 1.165) is 11.1 Å². The summed E-state index contributed by atoms with van der Waals surface area (Å²) in [6.45, 7) is 0.158. The number of rotatable bonds is 9. The highest BCUT2D eigenvalue weighted by Crippen LogP contribution is 2.44. The van der Waals surface area contributed by atoms with Crippen LogP contribution in [0.1, 0.15) is 90.7 Å². The Bertz CT molecular complexity index is 1340. The summed E-state index contributed by atoms with van der Waals surface area (Å²) in [4.78, 5) is 39.5. The molecule has 42 heavy (non-hydrogen) atoms. The maximum absolute atomic E-state index is 15.7. The fourth-order valence-electron chi connectivity index (χ4n) is 5.84. The lowest BCUT2D eigenvalue weighted by molar-refractivity contribution is -0.152. The van der Waals surface area contributed by atoms with Crippen LogP contribution in [0, 0.1) is 5.41 Å². The highest BCUT2D eigenvalue weighted by Gasteiger charge is 2.46. The number of nitrogens with zero attached hydrogens (tertiary/aromatic N) is 3. The molecule has 2 saturated carbocycles. The Hall–Kier alpha value is -2.86. The second-order valence-electron chi connectivity index (χ2n) is 11.4. The number of benzene rings is 1. The van der Waals surface area contributed by atoms with Gasteiger partial charge in [-0.3, -0.25) is 19.1 Å². The monoisotopic (exact) mass is 635 g/mol. The van der Waals surface area contributed by atoms with Gasteiger partial charge in [0.2, 0.25) is 0 Å². The second-order valence-corrected chi connectivity index (χ2v) is 12.2. The average Bonchev–Trinajstić information content (AvgIpc) is 3.54. The zero-order chi connectivity index (χ0) is 31.0. The summed E-state index contributed by atoms with van der Waals surface area (Å²) in [5.41, 5.74) is -5.28. The van der Waals surface area contributed by atoms with E-state index < -0.39 is 65.3 Å². The molecule has 4 rings (SSSR count). The Morgan fingerprint density at radius 1 is 1.12 bits per heavy atom. The number of alkyl halides is 4. The van der Waals surface area contributed by atoms with Gasteiger partial charge in [0.25, 0.3) is 5.91 Å². The minimum absolute atomic E-state index is 0.0881. The van der Waals surface area contributed by atoms with Gasteiger partial charge in [-0.25, -0.2) is 4.39 Å². The van der Waals surface area contributed by atoms with Crippen LogP contribution in [0.5, 0.6) is 5.75 Å². The largest absolute Gasteiger partial charge is 0.497 e. The molecule has 0 radical (unpaired) electrons. The summed E-state index contributed by atoms with van der Waals surface area (Å²) in [5.74, 6) is -2.77. The number of carbonyl (C=O) groups excluding carboxylic acids is 2. The van der Waals surface area contributed by atoms with Crippen molar-refractivity contribution in [3.63, 3.8) is 0 Å². The van der Waals surface area contributed by atoms with Gasteiger partial charge in [0.15, 0.2) is 11.5 Å². The number of aliphatic carboxylic acids is 1. The van der Waals surface area contributed by atoms with E-state index in [2.05, 4.69) is 5.10 Å². The predicted molar refractivity (Wildman–Crippen MR) is 146 cm³/mol. The van der Waals surface area contributed by atoms with Gasteiger partial charge in [-0.05, 0) is 57.6 Å². The summed E-state index contributed by atoms with van der Waals surface area (Å²) in [7, 11) is 1.36. The Balaban J connectivity index is 1.69. The number of ketones is 1. The van der Waals surface area contributed by atoms with E-state index in [0.29, 0.717) is 17.5 Å². The molecule has 0 atom stereocenters. The van der Waals surface area contributed by atoms with Crippen molar-refractivity contribution < 1.29 is 41.8 Å². The van der Waals surface area contributed by atoms with Crippen LogP contribution in [0.15, 0.2) is 18.3 Å². The lowest BCUT2D eigenvalue weighted by atomic mass is 9.74. The van der Waals surface area contributed by atoms with E-state index in [4.69, 9.17) is 27.9 Å². The third kappa shape index (κ3) is 6.54. The number of methoxy groups -OCH3 is 1. The fraction of sp³-hybridized carbons (Fsp3) is 0.571. The van der Waals surface area contributed by atoms with Gasteiger partial charge in [0.05, 0.1) is 59.0 Å². The molecule has 0 unspecified atom stereocenters. The van der Waals surface area contributed by atoms with Gasteiger partial charge in [-0.2, -0.15) is 18.3 Å². The molecule has 2 aliphatic rings. The average molecular weight is 636 g/mol. The molecule has 1 amide bonds. The quantitative estimate of drug-likeness (QED) is 0.234. The van der Waals surface area contributed by atoms with Gasteiger partial charge in [-0.15, -0.1) is 0 Å². The number of ether oxygens (including phenoxy) is 1. The Morgan fingerprint density at radius 3 is 2.19 bits per heavy atom. The molecule has 14 heteroatoms. The Labute approximate surface area is 249 Å². The van der Waals surface area contributed by atoms with Crippen LogP contribution in [0.4, 0.5) is 17.6 Å². The predicted octanol–water partition coefficient (Wildman–Crippen LogP) is 7.03. The summed E-state index contributed by atoms with van der Waals surface area (Å²) < 4.78 is 64.9. The Kier molecular flexibility index (Phi) is 9.18. The van der Waals surface area contributed by atoms with Crippen LogP contribution in [0.3, 0.4) is 0 Å². The fourth-order valence-corrected chi connectivity index (χ4v) is 6.52. The molecule has 0 spiro atoms. The third-order valence-electron chi connectivity index (χ3n) is 8.34. The molecule has 0 aliphatic heterocycles. The van der Waals surface area contributed by atoms with Crippen LogP contribution in [-0.2, 0) is 11.0 Å². The maximum atomic E-state index is 15.7. The zero-order valence-electron chi connectivity index (χ0n) is 23.1. The van der Waals surface area contributed by atoms with Crippen molar-refractivity contribution in [3.05, 3.63) is 45.2 Å². The number of aromatic nitrogens is 2. The zero-order valence-corrected chi connectivity index (χ0v) is 24.6. The molecule has 1 heterocycles. The highest BCUT2D eigenvalue weighted by atomic mass is 35.5. The molecule has 2 aliphatic carbocycles. The van der Waals surface area contributed by atoms with Crippen LogP contribution < -0.4 is 4.74 Å². The third-order valence-corrected chi connectivity index (χ3v) is 8.94. The summed E-state index contributed by atoms with van der Waals surface area (Å²) >= 11 is 12.5. The van der Waals surface area contributed by atoms with Crippen molar-refractivity contribution in [1.29, 1.82) is 0 Å². The summed E-state index contributed by atoms with van der Waals surface area (Å²) in [5, 5.41) is 13.2. The number of carboxylic acids is 1. The molecule has 0 bridgehead atoms. The minimum Gasteiger partial charge on any atom is -0.497 e. The molecule has 2 aromatic rings. The van der Waals surface area contributed by atoms with Gasteiger partial charge >= 0.3 is 12.1 Å². The molecular weight excluding hydrogens is 605 g/mol. The normalized spacial score (nSPS) is 22.1. The van der Waals surface area contributed by atoms with Gasteiger partial charge in [0.1, 0.15) is 11.4 Å². The molecule has 1 aromatic heterocycles. The molecule has 8 nitrogen and oxygen atoms in total. The van der Waals surface area contributed by atoms with Crippen molar-refractivity contribution >= 4 is 40.9 Å². The van der Waals surface area contributed by atoms with Crippen molar-refractivity contribution in [2.75, 3.05) is 20.2 Å². The molecular formula is C28H31Cl2F4N3O5. The standard InChI is InChI=1S/C28H31Cl2F4N3O5/c1-26(25(40)41)9-5-16(6-10-26)37-23(28(32,33)34)18(13-35-37)24(39)36(15-27(31)7-3-4-8-27)14-21(38)22-19(29)11-17(42-2)12-20(22)30/h11-13,16H,3-10,14-15H2,1-2H3,(H,40,41)/t16-,26-. The van der Waals surface area contributed by atoms with Crippen LogP contribution in [0.2, 0.25) is 10.0 Å². The number of hydrogen-bond donors (Lipinski definition) is 1. The van der Waals surface area contributed by atoms with E-state index in [1.54, 1.807) is 6.92 Å². The van der Waals surface area contributed by atoms with Crippen molar-refractivity contribution in [1.82, 2.24) is 14.7 Å². The first-order chi connectivity index (χ1) is 19.6. The number of carbonyl (C=O) groups is 3. The van der Waals surface area contributed by atoms with E-state index in [9.17, 15) is 32.7 Å². The molecule has 0 saturated heterocycles. The minimum atomic E-state index is -5.02. The first-order valence-electron chi connectivity index (χ1n) is 13.5. The van der Waals surface area contributed by atoms with Crippen LogP contribution in [-0.4, -0.2) is 63.3 Å². The SMILES string of the molecule is COc1cc(Cl)c(C(=O)CN(CC2(F)CCCC2)C(=O)c2cnn([C@H]3CC[C@](C)(C(=O)O)CC3)c2C(F)(F)F)c(Cl)c1. The number of hydrogen-bond acceptors (Lipinski definition) is 5. The molecule has 2 fully saturated rings.